The van der Waals surface area contributed by atoms with E-state index in [-0.39, 0.29) is 0 Å². The number of rotatable bonds is 5. The quantitative estimate of drug-likeness (QED) is 0.439. The fraction of sp³-hybridized carbons (Fsp3) is 0.700. The molecule has 0 heterocycles. The predicted molar refractivity (Wildman–Crippen MR) is 48.4 cm³/mol. The molecule has 1 nitrogen and oxygen atoms in total. The molecule has 11 heavy (non-hydrogen) atoms. The van der Waals surface area contributed by atoms with E-state index in [0.29, 0.717) is 18.3 Å². The van der Waals surface area contributed by atoms with Crippen LogP contribution in [0.1, 0.15) is 33.6 Å². The van der Waals surface area contributed by atoms with Gasteiger partial charge in [-0.15, -0.1) is 0 Å². The van der Waals surface area contributed by atoms with Crippen LogP contribution < -0.4 is 0 Å². The highest BCUT2D eigenvalue weighted by atomic mass is 16.1. The average molecular weight is 154 g/mol. The van der Waals surface area contributed by atoms with Crippen molar-refractivity contribution in [2.75, 3.05) is 0 Å². The van der Waals surface area contributed by atoms with E-state index in [9.17, 15) is 4.79 Å². The van der Waals surface area contributed by atoms with Crippen molar-refractivity contribution >= 4 is 6.29 Å². The van der Waals surface area contributed by atoms with Gasteiger partial charge in [-0.3, -0.25) is 0 Å². The molecule has 0 amide bonds. The van der Waals surface area contributed by atoms with Crippen LogP contribution in [-0.4, -0.2) is 6.29 Å². The molecule has 0 spiro atoms. The van der Waals surface area contributed by atoms with Gasteiger partial charge in [0, 0.05) is 6.42 Å². The molecule has 0 aliphatic heterocycles. The van der Waals surface area contributed by atoms with Gasteiger partial charge in [0.25, 0.3) is 0 Å². The Labute approximate surface area is 69.5 Å². The summed E-state index contributed by atoms with van der Waals surface area (Å²) in [4.78, 5) is 10.2. The van der Waals surface area contributed by atoms with Gasteiger partial charge in [0.15, 0.2) is 0 Å². The Balaban J connectivity index is 3.62. The van der Waals surface area contributed by atoms with E-state index >= 15 is 0 Å². The summed E-state index contributed by atoms with van der Waals surface area (Å²) >= 11 is 0. The lowest BCUT2D eigenvalue weighted by atomic mass is 9.91. The number of hydrogen-bond donors (Lipinski definition) is 0. The zero-order chi connectivity index (χ0) is 8.69. The van der Waals surface area contributed by atoms with E-state index in [1.807, 2.05) is 6.92 Å². The lowest BCUT2D eigenvalue weighted by Crippen LogP contribution is -2.07. The van der Waals surface area contributed by atoms with Crippen molar-refractivity contribution < 1.29 is 4.79 Å². The average Bonchev–Trinajstić information content (AvgIpc) is 2.00. The topological polar surface area (TPSA) is 17.1 Å². The predicted octanol–water partition coefficient (Wildman–Crippen LogP) is 2.81. The van der Waals surface area contributed by atoms with Gasteiger partial charge in [0.1, 0.15) is 6.29 Å². The third kappa shape index (κ3) is 4.77. The van der Waals surface area contributed by atoms with E-state index in [1.54, 1.807) is 0 Å². The van der Waals surface area contributed by atoms with Gasteiger partial charge in [-0.2, -0.15) is 0 Å². The zero-order valence-electron chi connectivity index (χ0n) is 7.71. The van der Waals surface area contributed by atoms with Crippen LogP contribution in [-0.2, 0) is 4.79 Å². The van der Waals surface area contributed by atoms with Crippen molar-refractivity contribution in [3.05, 3.63) is 12.2 Å². The highest BCUT2D eigenvalue weighted by Crippen LogP contribution is 2.17. The lowest BCUT2D eigenvalue weighted by Gasteiger charge is -2.14. The Kier molecular flexibility index (Phi) is 5.81. The molecule has 0 aromatic carbocycles. The van der Waals surface area contributed by atoms with E-state index in [2.05, 4.69) is 26.0 Å². The third-order valence-electron chi connectivity index (χ3n) is 2.18. The summed E-state index contributed by atoms with van der Waals surface area (Å²) in [5.41, 5.74) is 0. The number of hydrogen-bond acceptors (Lipinski definition) is 1. The third-order valence-corrected chi connectivity index (χ3v) is 2.18. The maximum atomic E-state index is 10.2. The first-order chi connectivity index (χ1) is 5.22. The molecule has 0 fully saturated rings. The van der Waals surface area contributed by atoms with Gasteiger partial charge in [-0.25, -0.2) is 0 Å². The minimum Gasteiger partial charge on any atom is -0.303 e. The standard InChI is InChI=1S/C10H18O/c1-4-5-6-9(2)10(3)7-8-11/h4-5,8-10H,6-7H2,1-3H3. The Hall–Kier alpha value is -0.590. The van der Waals surface area contributed by atoms with Crippen LogP contribution in [0.15, 0.2) is 12.2 Å². The minimum atomic E-state index is 0.517. The van der Waals surface area contributed by atoms with Gasteiger partial charge in [0.2, 0.25) is 0 Å². The summed E-state index contributed by atoms with van der Waals surface area (Å²) in [6, 6.07) is 0. The maximum absolute atomic E-state index is 10.2. The molecular formula is C10H18O. The minimum absolute atomic E-state index is 0.517. The summed E-state index contributed by atoms with van der Waals surface area (Å²) in [6.07, 6.45) is 7.01. The molecule has 0 radical (unpaired) electrons. The molecule has 0 aromatic rings. The van der Waals surface area contributed by atoms with Crippen molar-refractivity contribution in [1.29, 1.82) is 0 Å². The van der Waals surface area contributed by atoms with Crippen molar-refractivity contribution in [3.8, 4) is 0 Å². The second-order valence-corrected chi connectivity index (χ2v) is 3.16. The molecule has 0 N–H and O–H groups in total. The fourth-order valence-electron chi connectivity index (χ4n) is 0.967. The van der Waals surface area contributed by atoms with Gasteiger partial charge in [0.05, 0.1) is 0 Å². The zero-order valence-corrected chi connectivity index (χ0v) is 7.71. The largest absolute Gasteiger partial charge is 0.303 e. The van der Waals surface area contributed by atoms with Crippen LogP contribution in [0.2, 0.25) is 0 Å². The Morgan fingerprint density at radius 3 is 2.18 bits per heavy atom. The van der Waals surface area contributed by atoms with Crippen molar-refractivity contribution in [3.63, 3.8) is 0 Å². The van der Waals surface area contributed by atoms with Gasteiger partial charge in [-0.1, -0.05) is 26.0 Å². The van der Waals surface area contributed by atoms with Crippen molar-refractivity contribution in [2.45, 2.75) is 33.6 Å². The Morgan fingerprint density at radius 2 is 1.73 bits per heavy atom. The first kappa shape index (κ1) is 10.4. The monoisotopic (exact) mass is 154 g/mol. The SMILES string of the molecule is CC=CCC(C)C(C)CC=O. The summed E-state index contributed by atoms with van der Waals surface area (Å²) < 4.78 is 0. The van der Waals surface area contributed by atoms with Gasteiger partial charge in [-0.05, 0) is 25.2 Å². The summed E-state index contributed by atoms with van der Waals surface area (Å²) in [6.45, 7) is 6.34. The van der Waals surface area contributed by atoms with Crippen LogP contribution in [0, 0.1) is 11.8 Å². The molecule has 0 bridgehead atoms. The second kappa shape index (κ2) is 6.14. The van der Waals surface area contributed by atoms with E-state index in [0.717, 1.165) is 12.7 Å². The molecule has 0 saturated heterocycles. The molecular weight excluding hydrogens is 136 g/mol. The number of carbonyl (C=O) groups is 1. The van der Waals surface area contributed by atoms with E-state index in [1.165, 1.54) is 0 Å². The molecule has 0 saturated carbocycles. The number of allylic oxidation sites excluding steroid dienone is 2. The highest BCUT2D eigenvalue weighted by Gasteiger charge is 2.08. The second-order valence-electron chi connectivity index (χ2n) is 3.16. The van der Waals surface area contributed by atoms with Crippen LogP contribution in [0.5, 0.6) is 0 Å². The smallest absolute Gasteiger partial charge is 0.120 e. The summed E-state index contributed by atoms with van der Waals surface area (Å²) in [7, 11) is 0. The maximum Gasteiger partial charge on any atom is 0.120 e. The molecule has 0 aromatic heterocycles. The molecule has 2 atom stereocenters. The van der Waals surface area contributed by atoms with Crippen molar-refractivity contribution in [2.24, 2.45) is 11.8 Å². The first-order valence-corrected chi connectivity index (χ1v) is 4.27. The van der Waals surface area contributed by atoms with Crippen LogP contribution in [0.4, 0.5) is 0 Å². The molecule has 0 aliphatic rings. The highest BCUT2D eigenvalue weighted by molar-refractivity contribution is 5.49. The molecule has 0 rings (SSSR count). The molecule has 1 heteroatoms. The van der Waals surface area contributed by atoms with Crippen molar-refractivity contribution in [1.82, 2.24) is 0 Å². The molecule has 2 unspecified atom stereocenters. The summed E-state index contributed by atoms with van der Waals surface area (Å²) in [5, 5.41) is 0. The molecule has 64 valence electrons. The molecule has 0 aliphatic carbocycles. The van der Waals surface area contributed by atoms with E-state index < -0.39 is 0 Å². The Bertz CT molecular complexity index is 127. The van der Waals surface area contributed by atoms with Gasteiger partial charge >= 0.3 is 0 Å². The summed E-state index contributed by atoms with van der Waals surface area (Å²) in [5.74, 6) is 1.14. The van der Waals surface area contributed by atoms with Crippen LogP contribution >= 0.6 is 0 Å². The van der Waals surface area contributed by atoms with E-state index in [4.69, 9.17) is 0 Å². The first-order valence-electron chi connectivity index (χ1n) is 4.27. The lowest BCUT2D eigenvalue weighted by molar-refractivity contribution is -0.108. The Morgan fingerprint density at radius 1 is 1.18 bits per heavy atom. The van der Waals surface area contributed by atoms with Gasteiger partial charge < -0.3 is 4.79 Å². The normalized spacial score (nSPS) is 16.6. The number of carbonyl (C=O) groups excluding carboxylic acids is 1. The fourth-order valence-corrected chi connectivity index (χ4v) is 0.967. The number of aldehydes is 1. The van der Waals surface area contributed by atoms with Crippen LogP contribution in [0.25, 0.3) is 0 Å². The van der Waals surface area contributed by atoms with Crippen LogP contribution in [0.3, 0.4) is 0 Å².